The van der Waals surface area contributed by atoms with E-state index in [1.807, 2.05) is 17.9 Å². The average molecular weight is 255 g/mol. The quantitative estimate of drug-likeness (QED) is 0.827. The smallest absolute Gasteiger partial charge is 0.0964 e. The Kier molecular flexibility index (Phi) is 4.82. The third-order valence-electron chi connectivity index (χ3n) is 3.07. The van der Waals surface area contributed by atoms with E-state index in [9.17, 15) is 0 Å². The Labute approximate surface area is 107 Å². The molecule has 1 aromatic heterocycles. The van der Waals surface area contributed by atoms with Crippen LogP contribution in [0, 0.1) is 0 Å². The normalized spacial score (nSPS) is 21.9. The summed E-state index contributed by atoms with van der Waals surface area (Å²) in [5, 5.41) is 11.3. The molecule has 2 rings (SSSR count). The molecular weight excluding hydrogens is 234 g/mol. The lowest BCUT2D eigenvalue weighted by Crippen LogP contribution is -2.42. The summed E-state index contributed by atoms with van der Waals surface area (Å²) in [6.45, 7) is 6.30. The van der Waals surface area contributed by atoms with E-state index in [0.717, 1.165) is 25.3 Å². The van der Waals surface area contributed by atoms with Crippen molar-refractivity contribution in [2.45, 2.75) is 26.1 Å². The number of thioether (sulfide) groups is 1. The molecule has 1 unspecified atom stereocenters. The fraction of sp³-hybridized carbons (Fsp3) is 0.818. The van der Waals surface area contributed by atoms with E-state index in [1.54, 1.807) is 0 Å². The van der Waals surface area contributed by atoms with Crippen molar-refractivity contribution in [3.05, 3.63) is 11.9 Å². The van der Waals surface area contributed by atoms with Crippen molar-refractivity contribution in [3.63, 3.8) is 0 Å². The lowest BCUT2D eigenvalue weighted by molar-refractivity contribution is 0.220. The first-order valence-electron chi connectivity index (χ1n) is 6.15. The molecule has 1 aliphatic heterocycles. The summed E-state index contributed by atoms with van der Waals surface area (Å²) in [5.41, 5.74) is 1.01. The first kappa shape index (κ1) is 12.9. The summed E-state index contributed by atoms with van der Waals surface area (Å²) < 4.78 is 1.95. The maximum absolute atomic E-state index is 4.14. The largest absolute Gasteiger partial charge is 0.314 e. The molecule has 0 saturated carbocycles. The molecule has 0 aliphatic carbocycles. The molecule has 6 heteroatoms. The fourth-order valence-electron chi connectivity index (χ4n) is 2.03. The Balaban J connectivity index is 1.79. The second-order valence-electron chi connectivity index (χ2n) is 4.46. The monoisotopic (exact) mass is 255 g/mol. The average Bonchev–Trinajstić information content (AvgIpc) is 2.76. The first-order valence-corrected chi connectivity index (χ1v) is 7.30. The van der Waals surface area contributed by atoms with Crippen LogP contribution < -0.4 is 5.32 Å². The summed E-state index contributed by atoms with van der Waals surface area (Å²) in [6, 6.07) is 0.689. The van der Waals surface area contributed by atoms with Crippen LogP contribution in [0.2, 0.25) is 0 Å². The van der Waals surface area contributed by atoms with E-state index in [0.29, 0.717) is 6.04 Å². The highest BCUT2D eigenvalue weighted by Crippen LogP contribution is 2.15. The van der Waals surface area contributed by atoms with Crippen LogP contribution in [-0.4, -0.2) is 57.6 Å². The number of aromatic nitrogens is 3. The van der Waals surface area contributed by atoms with Gasteiger partial charge in [-0.1, -0.05) is 5.21 Å². The molecule has 1 fully saturated rings. The standard InChI is InChI=1S/C11H21N5S/c1-10-9-17-6-5-15(10)3-4-16-8-11(7-12-2)13-14-16/h8,10,12H,3-7,9H2,1-2H3. The van der Waals surface area contributed by atoms with E-state index >= 15 is 0 Å². The molecule has 2 heterocycles. The van der Waals surface area contributed by atoms with Gasteiger partial charge < -0.3 is 5.32 Å². The molecule has 0 bridgehead atoms. The van der Waals surface area contributed by atoms with Gasteiger partial charge in [-0.15, -0.1) is 5.10 Å². The molecule has 17 heavy (non-hydrogen) atoms. The number of hydrogen-bond acceptors (Lipinski definition) is 5. The fourth-order valence-corrected chi connectivity index (χ4v) is 3.12. The van der Waals surface area contributed by atoms with Crippen molar-refractivity contribution in [3.8, 4) is 0 Å². The van der Waals surface area contributed by atoms with Crippen molar-refractivity contribution in [1.29, 1.82) is 0 Å². The first-order chi connectivity index (χ1) is 8.29. The Bertz CT molecular complexity index is 340. The van der Waals surface area contributed by atoms with Gasteiger partial charge in [-0.05, 0) is 14.0 Å². The van der Waals surface area contributed by atoms with Gasteiger partial charge in [0.05, 0.1) is 12.2 Å². The van der Waals surface area contributed by atoms with Crippen LogP contribution in [0.5, 0.6) is 0 Å². The van der Waals surface area contributed by atoms with Crippen molar-refractivity contribution in [1.82, 2.24) is 25.2 Å². The highest BCUT2D eigenvalue weighted by Gasteiger charge is 2.17. The van der Waals surface area contributed by atoms with Crippen molar-refractivity contribution in [2.24, 2.45) is 0 Å². The molecule has 96 valence electrons. The highest BCUT2D eigenvalue weighted by molar-refractivity contribution is 7.99. The van der Waals surface area contributed by atoms with Gasteiger partial charge in [-0.2, -0.15) is 11.8 Å². The zero-order valence-electron chi connectivity index (χ0n) is 10.6. The second kappa shape index (κ2) is 6.37. The molecule has 0 spiro atoms. The van der Waals surface area contributed by atoms with Gasteiger partial charge in [0.2, 0.25) is 0 Å². The van der Waals surface area contributed by atoms with Crippen LogP contribution in [0.4, 0.5) is 0 Å². The van der Waals surface area contributed by atoms with E-state index in [2.05, 4.69) is 39.2 Å². The SMILES string of the molecule is CNCc1cn(CCN2CCSCC2C)nn1. The molecule has 1 aliphatic rings. The van der Waals surface area contributed by atoms with Crippen molar-refractivity contribution >= 4 is 11.8 Å². The van der Waals surface area contributed by atoms with Crippen molar-refractivity contribution < 1.29 is 0 Å². The van der Waals surface area contributed by atoms with E-state index in [1.165, 1.54) is 18.1 Å². The maximum atomic E-state index is 4.14. The zero-order chi connectivity index (χ0) is 12.1. The molecule has 0 radical (unpaired) electrons. The third kappa shape index (κ3) is 3.69. The minimum absolute atomic E-state index is 0.689. The summed E-state index contributed by atoms with van der Waals surface area (Å²) in [4.78, 5) is 2.54. The summed E-state index contributed by atoms with van der Waals surface area (Å²) >= 11 is 2.05. The zero-order valence-corrected chi connectivity index (χ0v) is 11.4. The number of nitrogens with zero attached hydrogens (tertiary/aromatic N) is 4. The van der Waals surface area contributed by atoms with Crippen LogP contribution in [-0.2, 0) is 13.1 Å². The number of rotatable bonds is 5. The summed E-state index contributed by atoms with van der Waals surface area (Å²) in [6.07, 6.45) is 2.03. The number of hydrogen-bond donors (Lipinski definition) is 1. The third-order valence-corrected chi connectivity index (χ3v) is 4.25. The van der Waals surface area contributed by atoms with E-state index < -0.39 is 0 Å². The predicted molar refractivity (Wildman–Crippen MR) is 71.1 cm³/mol. The minimum Gasteiger partial charge on any atom is -0.314 e. The maximum Gasteiger partial charge on any atom is 0.0964 e. The Hall–Kier alpha value is -0.590. The van der Waals surface area contributed by atoms with Gasteiger partial charge in [0.25, 0.3) is 0 Å². The van der Waals surface area contributed by atoms with Gasteiger partial charge in [-0.25, -0.2) is 0 Å². The molecule has 0 amide bonds. The van der Waals surface area contributed by atoms with E-state index in [-0.39, 0.29) is 0 Å². The van der Waals surface area contributed by atoms with E-state index in [4.69, 9.17) is 0 Å². The lowest BCUT2D eigenvalue weighted by atomic mass is 10.3. The predicted octanol–water partition coefficient (Wildman–Crippen LogP) is 0.435. The van der Waals surface area contributed by atoms with Crippen LogP contribution >= 0.6 is 11.8 Å². The Morgan fingerprint density at radius 1 is 1.53 bits per heavy atom. The molecule has 0 aromatic carbocycles. The van der Waals surface area contributed by atoms with Crippen LogP contribution in [0.15, 0.2) is 6.20 Å². The molecule has 5 nitrogen and oxygen atoms in total. The number of nitrogens with one attached hydrogen (secondary N) is 1. The van der Waals surface area contributed by atoms with Gasteiger partial charge in [-0.3, -0.25) is 9.58 Å². The topological polar surface area (TPSA) is 46.0 Å². The van der Waals surface area contributed by atoms with Gasteiger partial charge >= 0.3 is 0 Å². The second-order valence-corrected chi connectivity index (χ2v) is 5.61. The van der Waals surface area contributed by atoms with Crippen LogP contribution in [0.25, 0.3) is 0 Å². The highest BCUT2D eigenvalue weighted by atomic mass is 32.2. The molecule has 1 saturated heterocycles. The minimum atomic E-state index is 0.689. The molecule has 1 N–H and O–H groups in total. The molecule has 1 atom stereocenters. The van der Waals surface area contributed by atoms with Gasteiger partial charge in [0.1, 0.15) is 0 Å². The van der Waals surface area contributed by atoms with Gasteiger partial charge in [0, 0.05) is 43.4 Å². The van der Waals surface area contributed by atoms with Gasteiger partial charge in [0.15, 0.2) is 0 Å². The Morgan fingerprint density at radius 3 is 3.18 bits per heavy atom. The summed E-state index contributed by atoms with van der Waals surface area (Å²) in [7, 11) is 1.92. The molecular formula is C11H21N5S. The van der Waals surface area contributed by atoms with Crippen molar-refractivity contribution in [2.75, 3.05) is 31.6 Å². The lowest BCUT2D eigenvalue weighted by Gasteiger charge is -2.32. The van der Waals surface area contributed by atoms with Crippen LogP contribution in [0.1, 0.15) is 12.6 Å². The van der Waals surface area contributed by atoms with Crippen LogP contribution in [0.3, 0.4) is 0 Å². The molecule has 1 aromatic rings. The summed E-state index contributed by atoms with van der Waals surface area (Å²) in [5.74, 6) is 2.51. The Morgan fingerprint density at radius 2 is 2.41 bits per heavy atom.